The Morgan fingerprint density at radius 3 is 1.58 bits per heavy atom. The van der Waals surface area contributed by atoms with E-state index in [1.165, 1.54) is 0 Å². The minimum Gasteiger partial charge on any atom is -0.378 e. The van der Waals surface area contributed by atoms with Crippen LogP contribution in [0.5, 0.6) is 0 Å². The minimum absolute atomic E-state index is 0.111. The molecular weight excluding hydrogens is 414 g/mol. The number of aryl methyl sites for hydroxylation is 1. The molecule has 0 aliphatic carbocycles. The molecule has 0 aromatic heterocycles. The van der Waals surface area contributed by atoms with Gasteiger partial charge in [0, 0.05) is 29.8 Å². The minimum atomic E-state index is -0.466. The Bertz CT molecular complexity index is 1120. The molecule has 0 N–H and O–H groups in total. The molecule has 0 radical (unpaired) electrons. The number of allylic oxidation sites excluding steroid dienone is 2. The smallest absolute Gasteiger partial charge is 0.209 e. The molecule has 1 heterocycles. The van der Waals surface area contributed by atoms with E-state index in [1.807, 2.05) is 24.0 Å². The van der Waals surface area contributed by atoms with Crippen LogP contribution in [-0.2, 0) is 4.74 Å². The third-order valence-electron chi connectivity index (χ3n) is 5.62. The van der Waals surface area contributed by atoms with Crippen molar-refractivity contribution < 1.29 is 19.1 Å². The van der Waals surface area contributed by atoms with Gasteiger partial charge < -0.3 is 9.64 Å². The van der Waals surface area contributed by atoms with Crippen molar-refractivity contribution in [2.45, 2.75) is 6.92 Å². The van der Waals surface area contributed by atoms with Crippen LogP contribution >= 0.6 is 0 Å². The molecule has 0 amide bonds. The highest BCUT2D eigenvalue weighted by molar-refractivity contribution is 6.34. The second-order valence-corrected chi connectivity index (χ2v) is 7.91. The van der Waals surface area contributed by atoms with Gasteiger partial charge in [-0.3, -0.25) is 14.4 Å². The second-order valence-electron chi connectivity index (χ2n) is 7.91. The summed E-state index contributed by atoms with van der Waals surface area (Å²) in [6, 6.07) is 24.4. The Labute approximate surface area is 193 Å². The van der Waals surface area contributed by atoms with Gasteiger partial charge >= 0.3 is 0 Å². The highest BCUT2D eigenvalue weighted by atomic mass is 16.5. The predicted molar refractivity (Wildman–Crippen MR) is 126 cm³/mol. The van der Waals surface area contributed by atoms with Gasteiger partial charge in [-0.15, -0.1) is 0 Å². The average Bonchev–Trinajstić information content (AvgIpc) is 2.88. The number of benzene rings is 3. The van der Waals surface area contributed by atoms with Crippen molar-refractivity contribution in [3.8, 4) is 0 Å². The molecule has 5 nitrogen and oxygen atoms in total. The number of hydrogen-bond acceptors (Lipinski definition) is 5. The standard InChI is InChI=1S/C28H25NO4/c1-20-12-14-23(15-13-20)28(32)25(29-16-18-33-19-17-29)24(26(30)21-8-4-2-5-9-21)27(31)22-10-6-3-7-11-22/h2-15H,16-19H2,1H3. The maximum absolute atomic E-state index is 13.8. The Morgan fingerprint density at radius 2 is 1.09 bits per heavy atom. The van der Waals surface area contributed by atoms with Crippen LogP contribution in [0.25, 0.3) is 0 Å². The fourth-order valence-electron chi connectivity index (χ4n) is 3.83. The first kappa shape index (κ1) is 22.4. The highest BCUT2D eigenvalue weighted by Crippen LogP contribution is 2.25. The molecule has 166 valence electrons. The molecule has 5 heteroatoms. The number of rotatable bonds is 7. The lowest BCUT2D eigenvalue weighted by atomic mass is 9.90. The van der Waals surface area contributed by atoms with Gasteiger partial charge in [0.15, 0.2) is 11.6 Å². The summed E-state index contributed by atoms with van der Waals surface area (Å²) in [5, 5.41) is 0. The van der Waals surface area contributed by atoms with Crippen LogP contribution in [0.2, 0.25) is 0 Å². The zero-order chi connectivity index (χ0) is 23.2. The molecule has 1 aliphatic rings. The summed E-state index contributed by atoms with van der Waals surface area (Å²) in [5.74, 6) is -1.28. The molecule has 3 aromatic rings. The number of carbonyl (C=O) groups excluding carboxylic acids is 3. The van der Waals surface area contributed by atoms with Crippen LogP contribution in [0.4, 0.5) is 0 Å². The molecular formula is C28H25NO4. The van der Waals surface area contributed by atoms with Gasteiger partial charge in [0.1, 0.15) is 5.70 Å². The summed E-state index contributed by atoms with van der Waals surface area (Å²) < 4.78 is 5.48. The fraction of sp³-hybridized carbons (Fsp3) is 0.179. The molecule has 0 bridgehead atoms. The predicted octanol–water partition coefficient (Wildman–Crippen LogP) is 4.53. The summed E-state index contributed by atoms with van der Waals surface area (Å²) in [4.78, 5) is 43.1. The van der Waals surface area contributed by atoms with Crippen molar-refractivity contribution in [1.82, 2.24) is 4.90 Å². The maximum atomic E-state index is 13.8. The molecule has 4 rings (SSSR count). The number of ketones is 3. The number of ether oxygens (including phenoxy) is 1. The van der Waals surface area contributed by atoms with E-state index in [-0.39, 0.29) is 17.1 Å². The van der Waals surface area contributed by atoms with Crippen LogP contribution in [0.15, 0.2) is 96.2 Å². The lowest BCUT2D eigenvalue weighted by molar-refractivity contribution is 0.0495. The number of Topliss-reactive ketones (excluding diaryl/α,β-unsaturated/α-hetero) is 3. The van der Waals surface area contributed by atoms with Gasteiger partial charge in [0.2, 0.25) is 5.78 Å². The molecule has 0 saturated carbocycles. The van der Waals surface area contributed by atoms with Crippen LogP contribution in [0.3, 0.4) is 0 Å². The topological polar surface area (TPSA) is 63.7 Å². The van der Waals surface area contributed by atoms with Gasteiger partial charge in [-0.2, -0.15) is 0 Å². The van der Waals surface area contributed by atoms with E-state index in [0.717, 1.165) is 5.56 Å². The summed E-state index contributed by atoms with van der Waals surface area (Å²) in [5.41, 5.74) is 2.19. The van der Waals surface area contributed by atoms with E-state index in [9.17, 15) is 14.4 Å². The molecule has 1 aliphatic heterocycles. The van der Waals surface area contributed by atoms with Gasteiger partial charge in [-0.05, 0) is 6.92 Å². The van der Waals surface area contributed by atoms with E-state index < -0.39 is 11.6 Å². The Balaban J connectivity index is 1.94. The molecule has 0 atom stereocenters. The zero-order valence-electron chi connectivity index (χ0n) is 18.5. The zero-order valence-corrected chi connectivity index (χ0v) is 18.5. The number of hydrogen-bond donors (Lipinski definition) is 0. The normalized spacial score (nSPS) is 13.3. The molecule has 0 spiro atoms. The first-order valence-corrected chi connectivity index (χ1v) is 10.9. The Morgan fingerprint density at radius 1 is 0.636 bits per heavy atom. The van der Waals surface area contributed by atoms with Crippen LogP contribution in [-0.4, -0.2) is 48.6 Å². The Kier molecular flexibility index (Phi) is 6.91. The van der Waals surface area contributed by atoms with Crippen LogP contribution in [0, 0.1) is 6.92 Å². The fourth-order valence-corrected chi connectivity index (χ4v) is 3.83. The van der Waals surface area contributed by atoms with Crippen LogP contribution in [0.1, 0.15) is 36.6 Å². The summed E-state index contributed by atoms with van der Waals surface area (Å²) in [7, 11) is 0. The average molecular weight is 440 g/mol. The quantitative estimate of drug-likeness (QED) is 0.234. The maximum Gasteiger partial charge on any atom is 0.209 e. The summed E-state index contributed by atoms with van der Waals surface area (Å²) in [6.45, 7) is 3.60. The van der Waals surface area contributed by atoms with Gasteiger partial charge in [-0.1, -0.05) is 90.5 Å². The second kappa shape index (κ2) is 10.2. The van der Waals surface area contributed by atoms with Gasteiger partial charge in [-0.25, -0.2) is 0 Å². The molecule has 1 saturated heterocycles. The van der Waals surface area contributed by atoms with E-state index in [4.69, 9.17) is 4.74 Å². The largest absolute Gasteiger partial charge is 0.378 e. The number of carbonyl (C=O) groups is 3. The van der Waals surface area contributed by atoms with Crippen molar-refractivity contribution >= 4 is 17.3 Å². The number of morpholine rings is 1. The van der Waals surface area contributed by atoms with E-state index in [2.05, 4.69) is 0 Å². The molecule has 33 heavy (non-hydrogen) atoms. The monoisotopic (exact) mass is 439 g/mol. The first-order valence-electron chi connectivity index (χ1n) is 10.9. The lowest BCUT2D eigenvalue weighted by Crippen LogP contribution is -2.40. The van der Waals surface area contributed by atoms with Crippen molar-refractivity contribution in [3.63, 3.8) is 0 Å². The van der Waals surface area contributed by atoms with E-state index in [1.54, 1.807) is 72.8 Å². The van der Waals surface area contributed by atoms with Crippen LogP contribution < -0.4 is 0 Å². The third-order valence-corrected chi connectivity index (χ3v) is 5.62. The Hall–Kier alpha value is -3.83. The van der Waals surface area contributed by atoms with Crippen molar-refractivity contribution in [2.75, 3.05) is 26.3 Å². The lowest BCUT2D eigenvalue weighted by Gasteiger charge is -2.31. The summed E-state index contributed by atoms with van der Waals surface area (Å²) >= 11 is 0. The van der Waals surface area contributed by atoms with Gasteiger partial charge in [0.05, 0.1) is 18.8 Å². The molecule has 1 fully saturated rings. The summed E-state index contributed by atoms with van der Waals surface area (Å²) in [6.07, 6.45) is 0. The van der Waals surface area contributed by atoms with Crippen molar-refractivity contribution in [1.29, 1.82) is 0 Å². The first-order chi connectivity index (χ1) is 16.1. The van der Waals surface area contributed by atoms with E-state index >= 15 is 0 Å². The highest BCUT2D eigenvalue weighted by Gasteiger charge is 2.33. The van der Waals surface area contributed by atoms with Crippen molar-refractivity contribution in [2.24, 2.45) is 0 Å². The molecule has 3 aromatic carbocycles. The molecule has 0 unspecified atom stereocenters. The van der Waals surface area contributed by atoms with E-state index in [0.29, 0.717) is 43.0 Å². The van der Waals surface area contributed by atoms with Gasteiger partial charge in [0.25, 0.3) is 0 Å². The third kappa shape index (κ3) is 4.99. The SMILES string of the molecule is Cc1ccc(C(=O)C(=C(C(=O)c2ccccc2)C(=O)c2ccccc2)N2CCOCC2)cc1. The number of nitrogens with zero attached hydrogens (tertiary/aromatic N) is 1. The van der Waals surface area contributed by atoms with Crippen molar-refractivity contribution in [3.05, 3.63) is 118 Å².